The van der Waals surface area contributed by atoms with Gasteiger partial charge in [0.05, 0.1) is 11.5 Å². The number of nitrogens with one attached hydrogen (secondary N) is 2. The second-order valence-corrected chi connectivity index (χ2v) is 6.50. The summed E-state index contributed by atoms with van der Waals surface area (Å²) < 4.78 is 27.4. The molecular formula is C14H25IN4O3S. The van der Waals surface area contributed by atoms with Crippen LogP contribution in [0.4, 0.5) is 0 Å². The Kier molecular flexibility index (Phi) is 10.4. The van der Waals surface area contributed by atoms with Gasteiger partial charge in [0.1, 0.15) is 0 Å². The van der Waals surface area contributed by atoms with Gasteiger partial charge in [0.25, 0.3) is 0 Å². The van der Waals surface area contributed by atoms with Gasteiger partial charge in [0, 0.05) is 26.7 Å². The van der Waals surface area contributed by atoms with Crippen molar-refractivity contribution in [1.29, 1.82) is 0 Å². The number of hydrogen-bond donors (Lipinski definition) is 3. The first-order chi connectivity index (χ1) is 10.4. The second-order valence-electron chi connectivity index (χ2n) is 4.94. The first-order valence-electron chi connectivity index (χ1n) is 6.94. The van der Waals surface area contributed by atoms with E-state index in [1.807, 2.05) is 6.92 Å². The molecule has 0 amide bonds. The third-order valence-corrected chi connectivity index (χ3v) is 3.91. The van der Waals surface area contributed by atoms with Gasteiger partial charge < -0.3 is 15.4 Å². The van der Waals surface area contributed by atoms with E-state index in [-0.39, 0.29) is 34.9 Å². The predicted octanol–water partition coefficient (Wildman–Crippen LogP) is 0.694. The lowest BCUT2D eigenvalue weighted by Gasteiger charge is -2.17. The minimum Gasteiger partial charge on any atom is -0.383 e. The van der Waals surface area contributed by atoms with Crippen LogP contribution >= 0.6 is 24.0 Å². The van der Waals surface area contributed by atoms with Gasteiger partial charge in [-0.1, -0.05) is 12.1 Å². The Bertz CT molecular complexity index is 591. The zero-order valence-corrected chi connectivity index (χ0v) is 16.7. The molecular weight excluding hydrogens is 431 g/mol. The summed E-state index contributed by atoms with van der Waals surface area (Å²) in [4.78, 5) is 4.25. The Morgan fingerprint density at radius 1 is 1.35 bits per heavy atom. The van der Waals surface area contributed by atoms with E-state index in [4.69, 9.17) is 9.88 Å². The molecule has 4 N–H and O–H groups in total. The largest absolute Gasteiger partial charge is 0.383 e. The lowest BCUT2D eigenvalue weighted by Crippen LogP contribution is -2.44. The van der Waals surface area contributed by atoms with Crippen LogP contribution < -0.4 is 15.8 Å². The SMILES string of the molecule is CN=C(NCCc1ccc(S(N)(=O)=O)cc1)NC(C)COC.I. The van der Waals surface area contributed by atoms with Gasteiger partial charge >= 0.3 is 0 Å². The van der Waals surface area contributed by atoms with E-state index in [9.17, 15) is 8.42 Å². The van der Waals surface area contributed by atoms with Crippen molar-refractivity contribution in [3.8, 4) is 0 Å². The van der Waals surface area contributed by atoms with Crippen molar-refractivity contribution >= 4 is 40.0 Å². The molecule has 0 aliphatic heterocycles. The molecule has 0 radical (unpaired) electrons. The minimum absolute atomic E-state index is 0. The molecule has 0 aromatic heterocycles. The number of rotatable bonds is 7. The highest BCUT2D eigenvalue weighted by atomic mass is 127. The Morgan fingerprint density at radius 2 is 1.96 bits per heavy atom. The van der Waals surface area contributed by atoms with Gasteiger partial charge in [0.15, 0.2) is 5.96 Å². The predicted molar refractivity (Wildman–Crippen MR) is 103 cm³/mol. The van der Waals surface area contributed by atoms with Crippen LogP contribution in [0, 0.1) is 0 Å². The van der Waals surface area contributed by atoms with Crippen LogP contribution in [0.25, 0.3) is 0 Å². The summed E-state index contributed by atoms with van der Waals surface area (Å²) >= 11 is 0. The number of methoxy groups -OCH3 is 1. The maximum atomic E-state index is 11.2. The molecule has 1 aromatic rings. The second kappa shape index (κ2) is 10.8. The van der Waals surface area contributed by atoms with Crippen LogP contribution in [0.5, 0.6) is 0 Å². The molecule has 9 heteroatoms. The summed E-state index contributed by atoms with van der Waals surface area (Å²) in [5.41, 5.74) is 1.01. The van der Waals surface area contributed by atoms with E-state index in [0.717, 1.165) is 12.0 Å². The van der Waals surface area contributed by atoms with Crippen LogP contribution in [0.2, 0.25) is 0 Å². The molecule has 0 saturated heterocycles. The molecule has 0 aliphatic rings. The van der Waals surface area contributed by atoms with Crippen molar-refractivity contribution < 1.29 is 13.2 Å². The van der Waals surface area contributed by atoms with Crippen LogP contribution in [0.1, 0.15) is 12.5 Å². The minimum atomic E-state index is -3.63. The quantitative estimate of drug-likeness (QED) is 0.318. The summed E-state index contributed by atoms with van der Waals surface area (Å²) in [6.45, 7) is 3.27. The highest BCUT2D eigenvalue weighted by Crippen LogP contribution is 2.08. The van der Waals surface area contributed by atoms with Crippen molar-refractivity contribution in [2.24, 2.45) is 10.1 Å². The maximum absolute atomic E-state index is 11.2. The highest BCUT2D eigenvalue weighted by molar-refractivity contribution is 14.0. The van der Waals surface area contributed by atoms with E-state index >= 15 is 0 Å². The molecule has 0 fully saturated rings. The van der Waals surface area contributed by atoms with Gasteiger partial charge in [-0.15, -0.1) is 24.0 Å². The van der Waals surface area contributed by atoms with Crippen molar-refractivity contribution in [3.05, 3.63) is 29.8 Å². The van der Waals surface area contributed by atoms with Crippen molar-refractivity contribution in [1.82, 2.24) is 10.6 Å². The van der Waals surface area contributed by atoms with Crippen molar-refractivity contribution in [2.45, 2.75) is 24.3 Å². The monoisotopic (exact) mass is 456 g/mol. The average molecular weight is 456 g/mol. The summed E-state index contributed by atoms with van der Waals surface area (Å²) in [6, 6.07) is 6.69. The molecule has 132 valence electrons. The molecule has 0 spiro atoms. The lowest BCUT2D eigenvalue weighted by atomic mass is 10.1. The number of ether oxygens (including phenoxy) is 1. The molecule has 0 saturated carbocycles. The highest BCUT2D eigenvalue weighted by Gasteiger charge is 2.07. The number of aliphatic imine (C=N–C) groups is 1. The van der Waals surface area contributed by atoms with Crippen LogP contribution in [-0.2, 0) is 21.2 Å². The molecule has 1 atom stereocenters. The standard InChI is InChI=1S/C14H24N4O3S.HI/c1-11(10-21-3)18-14(16-2)17-9-8-12-4-6-13(7-5-12)22(15,19)20;/h4-7,11H,8-10H2,1-3H3,(H2,15,19,20)(H2,16,17,18);1H. The summed E-state index contributed by atoms with van der Waals surface area (Å²) in [6.07, 6.45) is 0.740. The molecule has 23 heavy (non-hydrogen) atoms. The van der Waals surface area contributed by atoms with E-state index in [2.05, 4.69) is 15.6 Å². The van der Waals surface area contributed by atoms with Crippen LogP contribution in [0.15, 0.2) is 34.2 Å². The Hall–Kier alpha value is -0.910. The molecule has 0 aliphatic carbocycles. The molecule has 1 unspecified atom stereocenters. The lowest BCUT2D eigenvalue weighted by molar-refractivity contribution is 0.179. The average Bonchev–Trinajstić information content (AvgIpc) is 2.46. The van der Waals surface area contributed by atoms with Crippen molar-refractivity contribution in [3.63, 3.8) is 0 Å². The zero-order valence-electron chi connectivity index (χ0n) is 13.6. The fourth-order valence-corrected chi connectivity index (χ4v) is 2.41. The van der Waals surface area contributed by atoms with Gasteiger partial charge in [-0.05, 0) is 31.0 Å². The molecule has 0 heterocycles. The van der Waals surface area contributed by atoms with Crippen LogP contribution in [-0.4, -0.2) is 47.7 Å². The van der Waals surface area contributed by atoms with E-state index in [1.54, 1.807) is 26.3 Å². The number of benzene rings is 1. The topological polar surface area (TPSA) is 106 Å². The molecule has 0 bridgehead atoms. The number of nitrogens with zero attached hydrogens (tertiary/aromatic N) is 1. The van der Waals surface area contributed by atoms with E-state index in [0.29, 0.717) is 19.1 Å². The number of halogens is 1. The zero-order chi connectivity index (χ0) is 16.6. The smallest absolute Gasteiger partial charge is 0.238 e. The third kappa shape index (κ3) is 8.49. The number of hydrogen-bond acceptors (Lipinski definition) is 4. The molecule has 1 aromatic carbocycles. The first kappa shape index (κ1) is 22.1. The van der Waals surface area contributed by atoms with Gasteiger partial charge in [-0.25, -0.2) is 13.6 Å². The summed E-state index contributed by atoms with van der Waals surface area (Å²) in [5, 5.41) is 11.5. The van der Waals surface area contributed by atoms with E-state index in [1.165, 1.54) is 12.1 Å². The first-order valence-corrected chi connectivity index (χ1v) is 8.49. The fourth-order valence-electron chi connectivity index (χ4n) is 1.89. The van der Waals surface area contributed by atoms with Crippen LogP contribution in [0.3, 0.4) is 0 Å². The summed E-state index contributed by atoms with van der Waals surface area (Å²) in [5.74, 6) is 0.700. The number of primary sulfonamides is 1. The maximum Gasteiger partial charge on any atom is 0.238 e. The van der Waals surface area contributed by atoms with Gasteiger partial charge in [-0.2, -0.15) is 0 Å². The third-order valence-electron chi connectivity index (χ3n) is 2.98. The summed E-state index contributed by atoms with van der Waals surface area (Å²) in [7, 11) is -0.277. The number of guanidine groups is 1. The van der Waals surface area contributed by atoms with Gasteiger partial charge in [0.2, 0.25) is 10.0 Å². The Morgan fingerprint density at radius 3 is 2.43 bits per heavy atom. The number of nitrogens with two attached hydrogens (primary N) is 1. The Labute approximate surface area is 155 Å². The molecule has 1 rings (SSSR count). The van der Waals surface area contributed by atoms with Gasteiger partial charge in [-0.3, -0.25) is 4.99 Å². The normalized spacial score (nSPS) is 13.1. The van der Waals surface area contributed by atoms with E-state index < -0.39 is 10.0 Å². The fraction of sp³-hybridized carbons (Fsp3) is 0.500. The van der Waals surface area contributed by atoms with Crippen molar-refractivity contribution in [2.75, 3.05) is 27.3 Å². The number of sulfonamides is 1. The Balaban J connectivity index is 0.00000484. The molecule has 7 nitrogen and oxygen atoms in total.